The number of hydrogen-bond acceptors (Lipinski definition) is 5. The van der Waals surface area contributed by atoms with Crippen molar-refractivity contribution in [3.05, 3.63) is 59.2 Å². The number of carbonyl (C=O) groups is 2. The number of hydrogen-bond donors (Lipinski definition) is 2. The summed E-state index contributed by atoms with van der Waals surface area (Å²) in [6, 6.07) is 13.7. The number of anilines is 1. The molecule has 7 heteroatoms. The van der Waals surface area contributed by atoms with Gasteiger partial charge in [0.2, 0.25) is 5.91 Å². The standard InChI is InChI=1S/C23H27N3O3S/c1-16-2-4-17(5-3-16)20(15-26-9-11-29-12-10-26)25-23(28)18-6-7-21-19(14-18)24-22(27)8-13-30-21/h2-7,14,20H,8-13,15H2,1H3,(H,24,27)(H,25,28). The molecule has 158 valence electrons. The maximum Gasteiger partial charge on any atom is 0.251 e. The first-order valence-electron chi connectivity index (χ1n) is 10.3. The minimum absolute atomic E-state index is 0.0105. The van der Waals surface area contributed by atoms with Crippen molar-refractivity contribution in [3.8, 4) is 0 Å². The monoisotopic (exact) mass is 425 g/mol. The van der Waals surface area contributed by atoms with E-state index in [0.29, 0.717) is 12.0 Å². The number of benzene rings is 2. The Morgan fingerprint density at radius 2 is 1.97 bits per heavy atom. The van der Waals surface area contributed by atoms with Gasteiger partial charge in [0.25, 0.3) is 5.91 Å². The topological polar surface area (TPSA) is 70.7 Å². The molecule has 2 aliphatic rings. The second-order valence-corrected chi connectivity index (χ2v) is 8.84. The van der Waals surface area contributed by atoms with E-state index < -0.39 is 0 Å². The SMILES string of the molecule is Cc1ccc(C(CN2CCOCC2)NC(=O)c2ccc3c(c2)NC(=O)CCS3)cc1. The average Bonchev–Trinajstić information content (AvgIpc) is 2.94. The number of thioether (sulfide) groups is 1. The molecule has 2 N–H and O–H groups in total. The van der Waals surface area contributed by atoms with Gasteiger partial charge in [0.15, 0.2) is 0 Å². The van der Waals surface area contributed by atoms with Crippen LogP contribution in [-0.2, 0) is 9.53 Å². The van der Waals surface area contributed by atoms with Crippen LogP contribution in [0.3, 0.4) is 0 Å². The quantitative estimate of drug-likeness (QED) is 0.770. The molecule has 2 aromatic rings. The molecular formula is C23H27N3O3S. The van der Waals surface area contributed by atoms with Gasteiger partial charge in [-0.15, -0.1) is 11.8 Å². The highest BCUT2D eigenvalue weighted by Gasteiger charge is 2.22. The molecule has 30 heavy (non-hydrogen) atoms. The number of ether oxygens (including phenoxy) is 1. The van der Waals surface area contributed by atoms with Gasteiger partial charge in [-0.2, -0.15) is 0 Å². The first-order chi connectivity index (χ1) is 14.6. The summed E-state index contributed by atoms with van der Waals surface area (Å²) in [5.74, 6) is 0.600. The lowest BCUT2D eigenvalue weighted by molar-refractivity contribution is -0.115. The van der Waals surface area contributed by atoms with Gasteiger partial charge in [-0.05, 0) is 30.7 Å². The zero-order valence-electron chi connectivity index (χ0n) is 17.1. The Hall–Kier alpha value is -2.35. The summed E-state index contributed by atoms with van der Waals surface area (Å²) < 4.78 is 5.46. The number of rotatable bonds is 5. The lowest BCUT2D eigenvalue weighted by atomic mass is 10.0. The number of nitrogens with one attached hydrogen (secondary N) is 2. The highest BCUT2D eigenvalue weighted by Crippen LogP contribution is 2.31. The summed E-state index contributed by atoms with van der Waals surface area (Å²) in [6.45, 7) is 5.95. The van der Waals surface area contributed by atoms with Gasteiger partial charge in [-0.3, -0.25) is 14.5 Å². The average molecular weight is 426 g/mol. The molecule has 1 fully saturated rings. The highest BCUT2D eigenvalue weighted by atomic mass is 32.2. The summed E-state index contributed by atoms with van der Waals surface area (Å²) in [7, 11) is 0. The van der Waals surface area contributed by atoms with Crippen LogP contribution in [0, 0.1) is 6.92 Å². The van der Waals surface area contributed by atoms with Gasteiger partial charge in [-0.25, -0.2) is 0 Å². The van der Waals surface area contributed by atoms with Crippen molar-refractivity contribution in [2.75, 3.05) is 43.9 Å². The molecule has 2 aliphatic heterocycles. The van der Waals surface area contributed by atoms with Crippen molar-refractivity contribution in [1.82, 2.24) is 10.2 Å². The van der Waals surface area contributed by atoms with E-state index in [0.717, 1.165) is 54.7 Å². The van der Waals surface area contributed by atoms with Crippen LogP contribution in [0.1, 0.15) is 33.9 Å². The molecule has 0 spiro atoms. The van der Waals surface area contributed by atoms with Gasteiger partial charge < -0.3 is 15.4 Å². The van der Waals surface area contributed by atoms with Crippen molar-refractivity contribution in [2.24, 2.45) is 0 Å². The van der Waals surface area contributed by atoms with E-state index in [-0.39, 0.29) is 17.9 Å². The van der Waals surface area contributed by atoms with Crippen LogP contribution in [0.25, 0.3) is 0 Å². The second kappa shape index (κ2) is 9.64. The fourth-order valence-corrected chi connectivity index (χ4v) is 4.61. The van der Waals surface area contributed by atoms with Gasteiger partial charge in [0.05, 0.1) is 24.9 Å². The molecule has 0 radical (unpaired) electrons. The molecule has 0 aromatic heterocycles. The van der Waals surface area contributed by atoms with Gasteiger partial charge >= 0.3 is 0 Å². The number of nitrogens with zero attached hydrogens (tertiary/aromatic N) is 1. The molecular weight excluding hydrogens is 398 g/mol. The molecule has 1 unspecified atom stereocenters. The summed E-state index contributed by atoms with van der Waals surface area (Å²) in [5, 5.41) is 6.12. The smallest absolute Gasteiger partial charge is 0.251 e. The molecule has 2 aromatic carbocycles. The predicted molar refractivity (Wildman–Crippen MR) is 119 cm³/mol. The predicted octanol–water partition coefficient (Wildman–Crippen LogP) is 3.23. The molecule has 6 nitrogen and oxygen atoms in total. The van der Waals surface area contributed by atoms with Crippen LogP contribution < -0.4 is 10.6 Å². The Balaban J connectivity index is 1.53. The largest absolute Gasteiger partial charge is 0.379 e. The molecule has 0 bridgehead atoms. The van der Waals surface area contributed by atoms with Crippen LogP contribution in [-0.4, -0.2) is 55.3 Å². The lowest BCUT2D eigenvalue weighted by Crippen LogP contribution is -2.43. The molecule has 0 aliphatic carbocycles. The number of amides is 2. The molecule has 0 saturated carbocycles. The normalized spacial score (nSPS) is 18.1. The minimum Gasteiger partial charge on any atom is -0.379 e. The number of fused-ring (bicyclic) bond motifs is 1. The Kier molecular flexibility index (Phi) is 6.72. The number of carbonyl (C=O) groups excluding carboxylic acids is 2. The zero-order valence-corrected chi connectivity index (χ0v) is 18.0. The second-order valence-electron chi connectivity index (χ2n) is 7.71. The summed E-state index contributed by atoms with van der Waals surface area (Å²) in [5.41, 5.74) is 3.54. The number of morpholine rings is 1. The van der Waals surface area contributed by atoms with E-state index in [9.17, 15) is 9.59 Å². The van der Waals surface area contributed by atoms with Gasteiger partial charge in [0.1, 0.15) is 0 Å². The third kappa shape index (κ3) is 5.22. The Morgan fingerprint density at radius 3 is 2.73 bits per heavy atom. The van der Waals surface area contributed by atoms with Crippen molar-refractivity contribution in [2.45, 2.75) is 24.3 Å². The van der Waals surface area contributed by atoms with E-state index in [4.69, 9.17) is 4.74 Å². The van der Waals surface area contributed by atoms with Crippen molar-refractivity contribution in [3.63, 3.8) is 0 Å². The molecule has 1 saturated heterocycles. The first kappa shape index (κ1) is 20.9. The molecule has 2 amide bonds. The van der Waals surface area contributed by atoms with Crippen molar-refractivity contribution in [1.29, 1.82) is 0 Å². The zero-order chi connectivity index (χ0) is 20.9. The van der Waals surface area contributed by atoms with E-state index in [1.165, 1.54) is 5.56 Å². The van der Waals surface area contributed by atoms with Gasteiger partial charge in [-0.1, -0.05) is 29.8 Å². The Morgan fingerprint density at radius 1 is 1.20 bits per heavy atom. The lowest BCUT2D eigenvalue weighted by Gasteiger charge is -2.31. The van der Waals surface area contributed by atoms with E-state index >= 15 is 0 Å². The Labute approximate surface area is 181 Å². The van der Waals surface area contributed by atoms with Crippen molar-refractivity contribution < 1.29 is 14.3 Å². The van der Waals surface area contributed by atoms with Gasteiger partial charge in [0, 0.05) is 42.3 Å². The molecule has 4 rings (SSSR count). The van der Waals surface area contributed by atoms with E-state index in [1.54, 1.807) is 17.8 Å². The summed E-state index contributed by atoms with van der Waals surface area (Å²) in [6.07, 6.45) is 0.482. The molecule has 2 heterocycles. The first-order valence-corrected chi connectivity index (χ1v) is 11.3. The third-order valence-corrected chi connectivity index (χ3v) is 6.51. The van der Waals surface area contributed by atoms with Crippen molar-refractivity contribution >= 4 is 29.3 Å². The number of aryl methyl sites for hydroxylation is 1. The summed E-state index contributed by atoms with van der Waals surface area (Å²) in [4.78, 5) is 28.3. The maximum absolute atomic E-state index is 13.1. The highest BCUT2D eigenvalue weighted by molar-refractivity contribution is 7.99. The maximum atomic E-state index is 13.1. The van der Waals surface area contributed by atoms with E-state index in [1.807, 2.05) is 12.1 Å². The van der Waals surface area contributed by atoms with Crippen LogP contribution >= 0.6 is 11.8 Å². The summed E-state index contributed by atoms with van der Waals surface area (Å²) >= 11 is 1.64. The van der Waals surface area contributed by atoms with Crippen LogP contribution in [0.4, 0.5) is 5.69 Å². The van der Waals surface area contributed by atoms with Crippen LogP contribution in [0.15, 0.2) is 47.4 Å². The van der Waals surface area contributed by atoms with Crippen LogP contribution in [0.2, 0.25) is 0 Å². The fourth-order valence-electron chi connectivity index (χ4n) is 3.68. The van der Waals surface area contributed by atoms with Crippen LogP contribution in [0.5, 0.6) is 0 Å². The molecule has 1 atom stereocenters. The Bertz CT molecular complexity index is 910. The fraction of sp³-hybridized carbons (Fsp3) is 0.391. The minimum atomic E-state index is -0.139. The van der Waals surface area contributed by atoms with E-state index in [2.05, 4.69) is 46.7 Å². The third-order valence-electron chi connectivity index (χ3n) is 5.43.